The first-order valence-corrected chi connectivity index (χ1v) is 7.74. The molecular weight excluding hydrogens is 256 g/mol. The Hall–Kier alpha value is -1.26. The van der Waals surface area contributed by atoms with E-state index in [4.69, 9.17) is 0 Å². The first-order chi connectivity index (χ1) is 9.42. The molecule has 0 aromatic heterocycles. The second-order valence-electron chi connectivity index (χ2n) is 5.76. The number of hydrogen-bond acceptors (Lipinski definition) is 2. The number of likely N-dealkylation sites (tertiary alicyclic amines) is 1. The fourth-order valence-corrected chi connectivity index (χ4v) is 3.30. The molecular formula is C15H28N2O3. The van der Waals surface area contributed by atoms with Crippen LogP contribution in [0.1, 0.15) is 59.8 Å². The summed E-state index contributed by atoms with van der Waals surface area (Å²) in [6.07, 6.45) is 3.78. The fourth-order valence-electron chi connectivity index (χ4n) is 3.30. The molecule has 0 aromatic rings. The van der Waals surface area contributed by atoms with E-state index in [-0.39, 0.29) is 12.1 Å². The largest absolute Gasteiger partial charge is 0.479 e. The van der Waals surface area contributed by atoms with Crippen molar-refractivity contribution in [2.45, 2.75) is 71.4 Å². The topological polar surface area (TPSA) is 69.6 Å². The van der Waals surface area contributed by atoms with Crippen molar-refractivity contribution in [3.05, 3.63) is 0 Å². The van der Waals surface area contributed by atoms with Crippen LogP contribution in [0.3, 0.4) is 0 Å². The highest BCUT2D eigenvalue weighted by Crippen LogP contribution is 2.33. The summed E-state index contributed by atoms with van der Waals surface area (Å²) in [5.74, 6) is -0.453. The zero-order chi connectivity index (χ0) is 15.3. The van der Waals surface area contributed by atoms with E-state index in [1.165, 1.54) is 4.90 Å². The Morgan fingerprint density at radius 3 is 2.35 bits per heavy atom. The first kappa shape index (κ1) is 16.8. The predicted octanol–water partition coefficient (Wildman–Crippen LogP) is 2.85. The normalized spacial score (nSPS) is 23.9. The van der Waals surface area contributed by atoms with Crippen molar-refractivity contribution in [3.63, 3.8) is 0 Å². The van der Waals surface area contributed by atoms with Gasteiger partial charge in [0.2, 0.25) is 0 Å². The van der Waals surface area contributed by atoms with Crippen molar-refractivity contribution < 1.29 is 14.7 Å². The second-order valence-corrected chi connectivity index (χ2v) is 5.76. The SMILES string of the molecule is CCC(CC)C(C)NC(=O)N1CCCC1(CC)C(=O)O. The number of carbonyl (C=O) groups is 2. The summed E-state index contributed by atoms with van der Waals surface area (Å²) in [7, 11) is 0. The minimum atomic E-state index is -1.02. The number of nitrogens with zero attached hydrogens (tertiary/aromatic N) is 1. The van der Waals surface area contributed by atoms with Crippen LogP contribution in [-0.2, 0) is 4.79 Å². The monoisotopic (exact) mass is 284 g/mol. The molecule has 1 saturated heterocycles. The number of carboxylic acids is 1. The summed E-state index contributed by atoms with van der Waals surface area (Å²) >= 11 is 0. The van der Waals surface area contributed by atoms with Gasteiger partial charge >= 0.3 is 12.0 Å². The maximum absolute atomic E-state index is 12.4. The highest BCUT2D eigenvalue weighted by atomic mass is 16.4. The minimum Gasteiger partial charge on any atom is -0.479 e. The third-order valence-corrected chi connectivity index (χ3v) is 4.82. The van der Waals surface area contributed by atoms with Crippen molar-refractivity contribution in [2.24, 2.45) is 5.92 Å². The Kier molecular flexibility index (Phi) is 5.84. The van der Waals surface area contributed by atoms with Crippen molar-refractivity contribution in [3.8, 4) is 0 Å². The van der Waals surface area contributed by atoms with Crippen molar-refractivity contribution in [1.29, 1.82) is 0 Å². The van der Waals surface area contributed by atoms with E-state index in [1.807, 2.05) is 13.8 Å². The molecule has 1 heterocycles. The molecule has 0 saturated carbocycles. The number of rotatable bonds is 6. The van der Waals surface area contributed by atoms with Crippen LogP contribution in [0.15, 0.2) is 0 Å². The number of aliphatic carboxylic acids is 1. The maximum atomic E-state index is 12.4. The molecule has 116 valence electrons. The van der Waals surface area contributed by atoms with Crippen LogP contribution in [0.2, 0.25) is 0 Å². The molecule has 20 heavy (non-hydrogen) atoms. The number of carboxylic acid groups (broad SMARTS) is 1. The lowest BCUT2D eigenvalue weighted by Gasteiger charge is -2.35. The standard InChI is InChI=1S/C15H28N2O3/c1-5-12(6-2)11(4)16-14(20)17-10-8-9-15(17,7-3)13(18)19/h11-12H,5-10H2,1-4H3,(H,16,20)(H,18,19). The van der Waals surface area contributed by atoms with Crippen LogP contribution in [0.4, 0.5) is 4.79 Å². The molecule has 1 aliphatic heterocycles. The third-order valence-electron chi connectivity index (χ3n) is 4.82. The van der Waals surface area contributed by atoms with Crippen LogP contribution < -0.4 is 5.32 Å². The Labute approximate surface area is 121 Å². The van der Waals surface area contributed by atoms with Crippen molar-refractivity contribution in [2.75, 3.05) is 6.54 Å². The molecule has 2 unspecified atom stereocenters. The number of amides is 2. The zero-order valence-electron chi connectivity index (χ0n) is 13.1. The van der Waals surface area contributed by atoms with Crippen LogP contribution in [0.5, 0.6) is 0 Å². The molecule has 0 spiro atoms. The van der Waals surface area contributed by atoms with E-state index >= 15 is 0 Å². The molecule has 5 nitrogen and oxygen atoms in total. The number of nitrogens with one attached hydrogen (secondary N) is 1. The van der Waals surface area contributed by atoms with Crippen molar-refractivity contribution in [1.82, 2.24) is 10.2 Å². The van der Waals surface area contributed by atoms with E-state index in [0.717, 1.165) is 19.3 Å². The number of urea groups is 1. The summed E-state index contributed by atoms with van der Waals surface area (Å²) in [5.41, 5.74) is -1.02. The van der Waals surface area contributed by atoms with Crippen molar-refractivity contribution >= 4 is 12.0 Å². The Balaban J connectivity index is 2.78. The highest BCUT2D eigenvalue weighted by Gasteiger charge is 2.48. The third kappa shape index (κ3) is 3.07. The fraction of sp³-hybridized carbons (Fsp3) is 0.867. The van der Waals surface area contributed by atoms with E-state index < -0.39 is 11.5 Å². The van der Waals surface area contributed by atoms with Gasteiger partial charge in [-0.1, -0.05) is 33.6 Å². The summed E-state index contributed by atoms with van der Waals surface area (Å²) in [5, 5.41) is 12.5. The molecule has 2 amide bonds. The van der Waals surface area contributed by atoms with Gasteiger partial charge in [0.1, 0.15) is 5.54 Å². The quantitative estimate of drug-likeness (QED) is 0.788. The first-order valence-electron chi connectivity index (χ1n) is 7.74. The zero-order valence-corrected chi connectivity index (χ0v) is 13.1. The van der Waals surface area contributed by atoms with Crippen LogP contribution in [0, 0.1) is 5.92 Å². The molecule has 2 atom stereocenters. The second kappa shape index (κ2) is 6.95. The van der Waals surface area contributed by atoms with E-state index in [2.05, 4.69) is 19.2 Å². The van der Waals surface area contributed by atoms with Crippen LogP contribution in [-0.4, -0.2) is 40.1 Å². The van der Waals surface area contributed by atoms with Crippen LogP contribution in [0.25, 0.3) is 0 Å². The molecule has 0 aliphatic carbocycles. The molecule has 0 bridgehead atoms. The summed E-state index contributed by atoms with van der Waals surface area (Å²) < 4.78 is 0. The van der Waals surface area contributed by atoms with Gasteiger partial charge in [-0.15, -0.1) is 0 Å². The Bertz CT molecular complexity index is 355. The highest BCUT2D eigenvalue weighted by molar-refractivity contribution is 5.87. The molecule has 5 heteroatoms. The van der Waals surface area contributed by atoms with E-state index in [0.29, 0.717) is 25.3 Å². The number of carbonyl (C=O) groups excluding carboxylic acids is 1. The lowest BCUT2D eigenvalue weighted by molar-refractivity contribution is -0.148. The number of hydrogen-bond donors (Lipinski definition) is 2. The smallest absolute Gasteiger partial charge is 0.329 e. The molecule has 0 aromatic carbocycles. The Morgan fingerprint density at radius 2 is 1.90 bits per heavy atom. The van der Waals surface area contributed by atoms with Gasteiger partial charge in [0, 0.05) is 12.6 Å². The van der Waals surface area contributed by atoms with Gasteiger partial charge in [-0.2, -0.15) is 0 Å². The van der Waals surface area contributed by atoms with Gasteiger partial charge in [0.15, 0.2) is 0 Å². The van der Waals surface area contributed by atoms with E-state index in [1.54, 1.807) is 0 Å². The Morgan fingerprint density at radius 1 is 1.30 bits per heavy atom. The lowest BCUT2D eigenvalue weighted by atomic mass is 9.93. The predicted molar refractivity (Wildman–Crippen MR) is 78.7 cm³/mol. The van der Waals surface area contributed by atoms with Gasteiger partial charge in [-0.3, -0.25) is 0 Å². The van der Waals surface area contributed by atoms with E-state index in [9.17, 15) is 14.7 Å². The summed E-state index contributed by atoms with van der Waals surface area (Å²) in [4.78, 5) is 25.5. The van der Waals surface area contributed by atoms with Gasteiger partial charge in [0.05, 0.1) is 0 Å². The van der Waals surface area contributed by atoms with Crippen LogP contribution >= 0.6 is 0 Å². The maximum Gasteiger partial charge on any atom is 0.329 e. The molecule has 0 radical (unpaired) electrons. The van der Waals surface area contributed by atoms with Gasteiger partial charge < -0.3 is 15.3 Å². The van der Waals surface area contributed by atoms with Gasteiger partial charge in [0.25, 0.3) is 0 Å². The average Bonchev–Trinajstić information content (AvgIpc) is 2.85. The molecule has 2 N–H and O–H groups in total. The van der Waals surface area contributed by atoms with Gasteiger partial charge in [-0.25, -0.2) is 9.59 Å². The van der Waals surface area contributed by atoms with Gasteiger partial charge in [-0.05, 0) is 32.1 Å². The average molecular weight is 284 g/mol. The molecule has 1 aliphatic rings. The lowest BCUT2D eigenvalue weighted by Crippen LogP contribution is -2.57. The summed E-state index contributed by atoms with van der Waals surface area (Å²) in [6.45, 7) is 8.59. The summed E-state index contributed by atoms with van der Waals surface area (Å²) in [6, 6.07) is -0.160. The molecule has 1 rings (SSSR count). The minimum absolute atomic E-state index is 0.0708. The molecule has 1 fully saturated rings.